The van der Waals surface area contributed by atoms with Gasteiger partial charge in [0.05, 0.1) is 20.9 Å². The van der Waals surface area contributed by atoms with Crippen LogP contribution in [0.1, 0.15) is 27.9 Å². The van der Waals surface area contributed by atoms with Gasteiger partial charge in [-0.15, -0.1) is 11.3 Å². The maximum absolute atomic E-state index is 12.5. The van der Waals surface area contributed by atoms with Crippen LogP contribution < -0.4 is 5.32 Å². The maximum Gasteiger partial charge on any atom is 0.251 e. The highest BCUT2D eigenvalue weighted by atomic mass is 32.1. The summed E-state index contributed by atoms with van der Waals surface area (Å²) in [7, 11) is 0. The minimum atomic E-state index is -0.0944. The number of hydrogen-bond acceptors (Lipinski definition) is 5. The molecule has 0 fully saturated rings. The van der Waals surface area contributed by atoms with E-state index in [9.17, 15) is 4.79 Å². The van der Waals surface area contributed by atoms with Gasteiger partial charge in [0.25, 0.3) is 5.91 Å². The topological polar surface area (TPSA) is 67.8 Å². The summed E-state index contributed by atoms with van der Waals surface area (Å²) in [5.74, 6) is -0.0944. The molecule has 6 heteroatoms. The van der Waals surface area contributed by atoms with Crippen molar-refractivity contribution in [1.82, 2.24) is 20.3 Å². The van der Waals surface area contributed by atoms with E-state index in [1.807, 2.05) is 42.5 Å². The number of rotatable bonds is 5. The summed E-state index contributed by atoms with van der Waals surface area (Å²) in [6.45, 7) is 2.52. The first-order chi connectivity index (χ1) is 13.2. The smallest absolute Gasteiger partial charge is 0.251 e. The van der Waals surface area contributed by atoms with Crippen molar-refractivity contribution in [3.05, 3.63) is 77.2 Å². The molecule has 0 spiro atoms. The van der Waals surface area contributed by atoms with Crippen molar-refractivity contribution in [2.75, 3.05) is 0 Å². The molecule has 27 heavy (non-hydrogen) atoms. The van der Waals surface area contributed by atoms with Crippen LogP contribution in [0.15, 0.2) is 61.1 Å². The van der Waals surface area contributed by atoms with Crippen LogP contribution in [0.4, 0.5) is 0 Å². The highest BCUT2D eigenvalue weighted by Crippen LogP contribution is 2.23. The van der Waals surface area contributed by atoms with E-state index in [2.05, 4.69) is 27.2 Å². The molecule has 0 atom stereocenters. The second-order valence-electron chi connectivity index (χ2n) is 6.12. The maximum atomic E-state index is 12.5. The van der Waals surface area contributed by atoms with Gasteiger partial charge in [-0.1, -0.05) is 6.92 Å². The van der Waals surface area contributed by atoms with Gasteiger partial charge in [0.1, 0.15) is 0 Å². The van der Waals surface area contributed by atoms with Gasteiger partial charge in [0.2, 0.25) is 0 Å². The molecule has 0 aliphatic carbocycles. The minimum absolute atomic E-state index is 0.0944. The number of benzene rings is 1. The molecule has 1 N–H and O–H groups in total. The number of carbonyl (C=O) groups excluding carboxylic acids is 1. The van der Waals surface area contributed by atoms with Gasteiger partial charge < -0.3 is 5.32 Å². The summed E-state index contributed by atoms with van der Waals surface area (Å²) in [5.41, 5.74) is 4.38. The Kier molecular flexibility index (Phi) is 4.89. The largest absolute Gasteiger partial charge is 0.348 e. The average molecular weight is 374 g/mol. The first-order valence-corrected chi connectivity index (χ1v) is 9.57. The monoisotopic (exact) mass is 374 g/mol. The van der Waals surface area contributed by atoms with Crippen LogP contribution in [0.2, 0.25) is 0 Å². The van der Waals surface area contributed by atoms with Gasteiger partial charge in [0, 0.05) is 36.3 Å². The number of carbonyl (C=O) groups is 1. The van der Waals surface area contributed by atoms with Gasteiger partial charge in [-0.05, 0) is 54.4 Å². The van der Waals surface area contributed by atoms with Crippen LogP contribution in [0, 0.1) is 0 Å². The van der Waals surface area contributed by atoms with Crippen molar-refractivity contribution in [3.63, 3.8) is 0 Å². The predicted octanol–water partition coefficient (Wildman–Crippen LogP) is 4.25. The number of nitrogens with zero attached hydrogens (tertiary/aromatic N) is 3. The average Bonchev–Trinajstić information content (AvgIpc) is 3.15. The van der Waals surface area contributed by atoms with Crippen molar-refractivity contribution in [2.45, 2.75) is 19.9 Å². The first kappa shape index (κ1) is 17.3. The zero-order valence-corrected chi connectivity index (χ0v) is 15.7. The molecule has 4 aromatic rings. The Morgan fingerprint density at radius 2 is 2.07 bits per heavy atom. The lowest BCUT2D eigenvalue weighted by Crippen LogP contribution is -2.22. The SMILES string of the molecule is CCc1nc2ccc(C(=O)NCc3ccnc(-c4cccnc4)c3)cc2s1. The number of fused-ring (bicyclic) bond motifs is 1. The molecule has 0 unspecified atom stereocenters. The summed E-state index contributed by atoms with van der Waals surface area (Å²) in [5, 5.41) is 4.07. The fraction of sp³-hybridized carbons (Fsp3) is 0.143. The quantitative estimate of drug-likeness (QED) is 0.567. The Hall–Kier alpha value is -3.12. The van der Waals surface area contributed by atoms with Gasteiger partial charge in [-0.25, -0.2) is 4.98 Å². The third-order valence-electron chi connectivity index (χ3n) is 4.23. The number of hydrogen-bond donors (Lipinski definition) is 1. The van der Waals surface area contributed by atoms with Crippen molar-refractivity contribution >= 4 is 27.5 Å². The molecule has 0 saturated carbocycles. The van der Waals surface area contributed by atoms with Crippen LogP contribution in [0.3, 0.4) is 0 Å². The van der Waals surface area contributed by atoms with Gasteiger partial charge in [0.15, 0.2) is 0 Å². The molecule has 0 aliphatic rings. The van der Waals surface area contributed by atoms with E-state index in [0.717, 1.165) is 38.5 Å². The van der Waals surface area contributed by atoms with E-state index >= 15 is 0 Å². The molecule has 1 aromatic carbocycles. The summed E-state index contributed by atoms with van der Waals surface area (Å²) in [4.78, 5) is 25.6. The lowest BCUT2D eigenvalue weighted by atomic mass is 10.1. The van der Waals surface area contributed by atoms with Gasteiger partial charge in [-0.2, -0.15) is 0 Å². The van der Waals surface area contributed by atoms with Crippen molar-refractivity contribution < 1.29 is 4.79 Å². The predicted molar refractivity (Wildman–Crippen MR) is 108 cm³/mol. The Morgan fingerprint density at radius 3 is 2.89 bits per heavy atom. The van der Waals surface area contributed by atoms with Crippen LogP contribution in [-0.4, -0.2) is 20.9 Å². The van der Waals surface area contributed by atoms with E-state index < -0.39 is 0 Å². The van der Waals surface area contributed by atoms with E-state index in [0.29, 0.717) is 12.1 Å². The molecule has 3 heterocycles. The Balaban J connectivity index is 1.48. The lowest BCUT2D eigenvalue weighted by Gasteiger charge is -2.07. The molecule has 1 amide bonds. The van der Waals surface area contributed by atoms with E-state index in [1.54, 1.807) is 29.9 Å². The fourth-order valence-corrected chi connectivity index (χ4v) is 3.75. The van der Waals surface area contributed by atoms with Gasteiger partial charge >= 0.3 is 0 Å². The highest BCUT2D eigenvalue weighted by molar-refractivity contribution is 7.18. The summed E-state index contributed by atoms with van der Waals surface area (Å²) in [6, 6.07) is 13.4. The minimum Gasteiger partial charge on any atom is -0.348 e. The lowest BCUT2D eigenvalue weighted by molar-refractivity contribution is 0.0951. The van der Waals surface area contributed by atoms with E-state index in [-0.39, 0.29) is 5.91 Å². The molecule has 3 aromatic heterocycles. The molecule has 0 saturated heterocycles. The van der Waals surface area contributed by atoms with Crippen LogP contribution in [-0.2, 0) is 13.0 Å². The van der Waals surface area contributed by atoms with Crippen molar-refractivity contribution in [1.29, 1.82) is 0 Å². The zero-order valence-electron chi connectivity index (χ0n) is 14.8. The summed E-state index contributed by atoms with van der Waals surface area (Å²) in [6.07, 6.45) is 6.16. The standard InChI is InChI=1S/C21H18N4OS/c1-2-20-25-17-6-5-15(11-19(17)27-20)21(26)24-12-14-7-9-23-18(10-14)16-4-3-8-22-13-16/h3-11,13H,2,12H2,1H3,(H,24,26). The van der Waals surface area contributed by atoms with Crippen molar-refractivity contribution in [3.8, 4) is 11.3 Å². The van der Waals surface area contributed by atoms with Gasteiger partial charge in [-0.3, -0.25) is 14.8 Å². The third kappa shape index (κ3) is 3.85. The second kappa shape index (κ2) is 7.63. The number of aromatic nitrogens is 3. The Bertz CT molecular complexity index is 1090. The first-order valence-electron chi connectivity index (χ1n) is 8.76. The molecule has 5 nitrogen and oxygen atoms in total. The third-order valence-corrected chi connectivity index (χ3v) is 5.39. The van der Waals surface area contributed by atoms with Crippen molar-refractivity contribution in [2.24, 2.45) is 0 Å². The number of pyridine rings is 2. The van der Waals surface area contributed by atoms with Crippen LogP contribution in [0.5, 0.6) is 0 Å². The molecule has 4 rings (SSSR count). The Labute approximate surface area is 161 Å². The Morgan fingerprint density at radius 1 is 1.15 bits per heavy atom. The molecule has 0 radical (unpaired) electrons. The number of amides is 1. The summed E-state index contributed by atoms with van der Waals surface area (Å²) >= 11 is 1.64. The van der Waals surface area contributed by atoms with E-state index in [4.69, 9.17) is 0 Å². The van der Waals surface area contributed by atoms with Crippen LogP contribution in [0.25, 0.3) is 21.5 Å². The second-order valence-corrected chi connectivity index (χ2v) is 7.23. The fourth-order valence-electron chi connectivity index (χ4n) is 2.81. The zero-order chi connectivity index (χ0) is 18.6. The van der Waals surface area contributed by atoms with Crippen LogP contribution >= 0.6 is 11.3 Å². The normalized spacial score (nSPS) is 10.9. The van der Waals surface area contributed by atoms with E-state index in [1.165, 1.54) is 0 Å². The summed E-state index contributed by atoms with van der Waals surface area (Å²) < 4.78 is 1.04. The molecule has 0 bridgehead atoms. The molecule has 0 aliphatic heterocycles. The number of nitrogens with one attached hydrogen (secondary N) is 1. The molecular formula is C21H18N4OS. The molecule has 134 valence electrons. The number of thiazole rings is 1. The molecular weight excluding hydrogens is 356 g/mol. The number of aryl methyl sites for hydroxylation is 1. The highest BCUT2D eigenvalue weighted by Gasteiger charge is 2.09.